The second-order valence-corrected chi connectivity index (χ2v) is 7.08. The van der Waals surface area contributed by atoms with Crippen molar-refractivity contribution in [3.63, 3.8) is 0 Å². The molecule has 1 aromatic rings. The Labute approximate surface area is 123 Å². The molecule has 2 unspecified atom stereocenters. The van der Waals surface area contributed by atoms with E-state index in [0.717, 1.165) is 19.4 Å². The van der Waals surface area contributed by atoms with Crippen LogP contribution in [-0.4, -0.2) is 33.5 Å². The highest BCUT2D eigenvalue weighted by atomic mass is 32.2. The monoisotopic (exact) mass is 310 g/mol. The van der Waals surface area contributed by atoms with Crippen molar-refractivity contribution in [1.29, 1.82) is 0 Å². The van der Waals surface area contributed by atoms with E-state index in [1.54, 1.807) is 6.07 Å². The van der Waals surface area contributed by atoms with E-state index in [9.17, 15) is 13.2 Å². The molecule has 2 heterocycles. The molecule has 0 radical (unpaired) electrons. The number of primary sulfonamides is 1. The number of hydrogen-bond acceptors (Lipinski definition) is 5. The second-order valence-electron chi connectivity index (χ2n) is 5.52. The summed E-state index contributed by atoms with van der Waals surface area (Å²) in [6.07, 6.45) is 1.72. The fourth-order valence-electron chi connectivity index (χ4n) is 3.20. The van der Waals surface area contributed by atoms with Gasteiger partial charge in [0.1, 0.15) is 0 Å². The Hall–Kier alpha value is -1.80. The van der Waals surface area contributed by atoms with E-state index < -0.39 is 10.0 Å². The normalized spacial score (nSPS) is 25.6. The molecule has 8 heteroatoms. The number of nitrogens with zero attached hydrogens (tertiary/aromatic N) is 1. The van der Waals surface area contributed by atoms with Crippen LogP contribution in [0.4, 0.5) is 11.4 Å². The summed E-state index contributed by atoms with van der Waals surface area (Å²) in [5.74, 6) is 0.00200. The van der Waals surface area contributed by atoms with Gasteiger partial charge in [0.2, 0.25) is 15.9 Å². The molecular weight excluding hydrogens is 292 g/mol. The lowest BCUT2D eigenvalue weighted by Crippen LogP contribution is -2.46. The van der Waals surface area contributed by atoms with E-state index in [1.807, 2.05) is 4.90 Å². The molecule has 0 saturated carbocycles. The first kappa shape index (κ1) is 14.2. The maximum Gasteiger partial charge on any atom is 0.238 e. The predicted octanol–water partition coefficient (Wildman–Crippen LogP) is -0.369. The van der Waals surface area contributed by atoms with E-state index in [2.05, 4.69) is 5.32 Å². The van der Waals surface area contributed by atoms with E-state index in [1.165, 1.54) is 12.1 Å². The Balaban J connectivity index is 2.01. The van der Waals surface area contributed by atoms with E-state index >= 15 is 0 Å². The summed E-state index contributed by atoms with van der Waals surface area (Å²) in [4.78, 5) is 13.9. The lowest BCUT2D eigenvalue weighted by atomic mass is 9.91. The number of piperidine rings is 1. The molecule has 5 N–H and O–H groups in total. The van der Waals surface area contributed by atoms with Crippen molar-refractivity contribution in [3.8, 4) is 0 Å². The molecule has 0 spiro atoms. The number of benzene rings is 1. The van der Waals surface area contributed by atoms with Crippen LogP contribution >= 0.6 is 0 Å². The third kappa shape index (κ3) is 2.44. The van der Waals surface area contributed by atoms with Gasteiger partial charge in [-0.05, 0) is 31.0 Å². The maximum absolute atomic E-state index is 11.8. The van der Waals surface area contributed by atoms with Gasteiger partial charge in [0, 0.05) is 13.1 Å². The van der Waals surface area contributed by atoms with Gasteiger partial charge < -0.3 is 16.0 Å². The van der Waals surface area contributed by atoms with Crippen molar-refractivity contribution < 1.29 is 13.2 Å². The fraction of sp³-hybridized carbons (Fsp3) is 0.462. The highest BCUT2D eigenvalue weighted by molar-refractivity contribution is 7.89. The Morgan fingerprint density at radius 2 is 2.10 bits per heavy atom. The van der Waals surface area contributed by atoms with E-state index in [-0.39, 0.29) is 22.8 Å². The summed E-state index contributed by atoms with van der Waals surface area (Å²) in [6.45, 7) is 1.30. The predicted molar refractivity (Wildman–Crippen MR) is 79.1 cm³/mol. The number of anilines is 2. The first-order valence-electron chi connectivity index (χ1n) is 6.84. The number of carbonyl (C=O) groups is 1. The molecule has 114 valence electrons. The van der Waals surface area contributed by atoms with Crippen LogP contribution in [-0.2, 0) is 14.8 Å². The van der Waals surface area contributed by atoms with Gasteiger partial charge in [-0.3, -0.25) is 4.79 Å². The smallest absolute Gasteiger partial charge is 0.238 e. The third-order valence-corrected chi connectivity index (χ3v) is 5.15. The van der Waals surface area contributed by atoms with Gasteiger partial charge in [0.05, 0.1) is 28.2 Å². The molecule has 1 amide bonds. The zero-order valence-corrected chi connectivity index (χ0v) is 12.3. The van der Waals surface area contributed by atoms with Crippen molar-refractivity contribution >= 4 is 27.3 Å². The SMILES string of the molecule is Nc1ccc(S(N)(=O)=O)cc1N1CCCC2C(=O)NCC21. The summed E-state index contributed by atoms with van der Waals surface area (Å²) in [7, 11) is -3.78. The van der Waals surface area contributed by atoms with Gasteiger partial charge in [-0.2, -0.15) is 0 Å². The van der Waals surface area contributed by atoms with Crippen molar-refractivity contribution in [2.24, 2.45) is 11.1 Å². The fourth-order valence-corrected chi connectivity index (χ4v) is 3.73. The lowest BCUT2D eigenvalue weighted by Gasteiger charge is -2.38. The molecule has 1 aromatic carbocycles. The number of hydrogen-bond donors (Lipinski definition) is 3. The molecule has 3 rings (SSSR count). The Morgan fingerprint density at radius 1 is 1.33 bits per heavy atom. The van der Waals surface area contributed by atoms with Crippen molar-refractivity contribution in [2.45, 2.75) is 23.8 Å². The van der Waals surface area contributed by atoms with Crippen LogP contribution in [0.5, 0.6) is 0 Å². The summed E-state index contributed by atoms with van der Waals surface area (Å²) >= 11 is 0. The number of fused-ring (bicyclic) bond motifs is 1. The largest absolute Gasteiger partial charge is 0.397 e. The molecule has 21 heavy (non-hydrogen) atoms. The minimum Gasteiger partial charge on any atom is -0.397 e. The van der Waals surface area contributed by atoms with Gasteiger partial charge in [0.25, 0.3) is 0 Å². The van der Waals surface area contributed by atoms with Crippen LogP contribution in [0.3, 0.4) is 0 Å². The zero-order valence-electron chi connectivity index (χ0n) is 11.5. The Kier molecular flexibility index (Phi) is 3.29. The number of rotatable bonds is 2. The molecule has 2 saturated heterocycles. The van der Waals surface area contributed by atoms with Gasteiger partial charge in [-0.1, -0.05) is 0 Å². The zero-order chi connectivity index (χ0) is 15.2. The number of carbonyl (C=O) groups excluding carboxylic acids is 1. The van der Waals surface area contributed by atoms with Crippen molar-refractivity contribution in [2.75, 3.05) is 23.7 Å². The van der Waals surface area contributed by atoms with Crippen LogP contribution in [0.1, 0.15) is 12.8 Å². The minimum absolute atomic E-state index is 0.0179. The molecule has 2 fully saturated rings. The molecule has 7 nitrogen and oxygen atoms in total. The summed E-state index contributed by atoms with van der Waals surface area (Å²) in [5, 5.41) is 8.04. The first-order chi connectivity index (χ1) is 9.88. The number of sulfonamides is 1. The van der Waals surface area contributed by atoms with E-state index in [0.29, 0.717) is 17.9 Å². The lowest BCUT2D eigenvalue weighted by molar-refractivity contribution is -0.122. The molecule has 0 bridgehead atoms. The standard InChI is InChI=1S/C13H18N4O3S/c14-10-4-3-8(21(15,19)20)6-11(10)17-5-1-2-9-12(17)7-16-13(9)18/h3-4,6,9,12H,1-2,5,7,14H2,(H,16,18)(H2,15,19,20). The minimum atomic E-state index is -3.78. The first-order valence-corrected chi connectivity index (χ1v) is 8.39. The van der Waals surface area contributed by atoms with Gasteiger partial charge in [-0.15, -0.1) is 0 Å². The average molecular weight is 310 g/mol. The number of nitrogen functional groups attached to an aromatic ring is 1. The van der Waals surface area contributed by atoms with Crippen LogP contribution in [0, 0.1) is 5.92 Å². The Bertz CT molecular complexity index is 689. The molecular formula is C13H18N4O3S. The van der Waals surface area contributed by atoms with Crippen LogP contribution in [0.15, 0.2) is 23.1 Å². The number of nitrogens with two attached hydrogens (primary N) is 2. The molecule has 0 aliphatic carbocycles. The average Bonchev–Trinajstić information content (AvgIpc) is 2.80. The van der Waals surface area contributed by atoms with Crippen molar-refractivity contribution in [3.05, 3.63) is 18.2 Å². The molecule has 2 aliphatic heterocycles. The molecule has 2 aliphatic rings. The van der Waals surface area contributed by atoms with Crippen LogP contribution < -0.4 is 21.1 Å². The summed E-state index contributed by atoms with van der Waals surface area (Å²) in [6, 6.07) is 4.45. The summed E-state index contributed by atoms with van der Waals surface area (Å²) < 4.78 is 23.0. The van der Waals surface area contributed by atoms with Crippen LogP contribution in [0.25, 0.3) is 0 Å². The van der Waals surface area contributed by atoms with Gasteiger partial charge >= 0.3 is 0 Å². The Morgan fingerprint density at radius 3 is 2.81 bits per heavy atom. The quantitative estimate of drug-likeness (QED) is 0.644. The number of nitrogens with one attached hydrogen (secondary N) is 1. The summed E-state index contributed by atoms with van der Waals surface area (Å²) in [5.41, 5.74) is 7.12. The molecule has 2 atom stereocenters. The second kappa shape index (κ2) is 4.88. The molecule has 0 aromatic heterocycles. The topological polar surface area (TPSA) is 119 Å². The highest BCUT2D eigenvalue weighted by Crippen LogP contribution is 2.35. The number of amides is 1. The van der Waals surface area contributed by atoms with Crippen LogP contribution in [0.2, 0.25) is 0 Å². The van der Waals surface area contributed by atoms with Crippen molar-refractivity contribution in [1.82, 2.24) is 5.32 Å². The third-order valence-electron chi connectivity index (χ3n) is 4.24. The maximum atomic E-state index is 11.8. The van der Waals surface area contributed by atoms with Gasteiger partial charge in [0.15, 0.2) is 0 Å². The van der Waals surface area contributed by atoms with E-state index in [4.69, 9.17) is 10.9 Å². The highest BCUT2D eigenvalue weighted by Gasteiger charge is 2.41. The van der Waals surface area contributed by atoms with Gasteiger partial charge in [-0.25, -0.2) is 13.6 Å².